The Labute approximate surface area is 112 Å². The molecule has 1 aromatic carbocycles. The first kappa shape index (κ1) is 12.7. The predicted octanol–water partition coefficient (Wildman–Crippen LogP) is 3.38. The average Bonchev–Trinajstić information content (AvgIpc) is 2.80. The minimum atomic E-state index is 0.767. The number of aromatic nitrogens is 2. The first-order chi connectivity index (χ1) is 8.79. The zero-order valence-corrected chi connectivity index (χ0v) is 10.9. The summed E-state index contributed by atoms with van der Waals surface area (Å²) >= 11 is 5.84. The zero-order valence-electron chi connectivity index (χ0n) is 10.1. The van der Waals surface area contributed by atoms with Gasteiger partial charge in [-0.1, -0.05) is 29.8 Å². The van der Waals surface area contributed by atoms with E-state index in [0.29, 0.717) is 0 Å². The lowest BCUT2D eigenvalue weighted by atomic mass is 10.1. The number of rotatable bonds is 6. The summed E-state index contributed by atoms with van der Waals surface area (Å²) in [4.78, 5) is 4.26. The van der Waals surface area contributed by atoms with Crippen molar-refractivity contribution < 1.29 is 0 Å². The third-order valence-electron chi connectivity index (χ3n) is 2.65. The molecule has 2 aromatic rings. The number of benzene rings is 1. The molecule has 0 radical (unpaired) electrons. The van der Waals surface area contributed by atoms with Crippen LogP contribution in [-0.4, -0.2) is 16.1 Å². The van der Waals surface area contributed by atoms with E-state index in [-0.39, 0.29) is 0 Å². The molecule has 0 aliphatic rings. The summed E-state index contributed by atoms with van der Waals surface area (Å²) in [7, 11) is 0. The minimum Gasteiger partial charge on any atom is -0.355 e. The number of hydrogen-bond donors (Lipinski definition) is 1. The summed E-state index contributed by atoms with van der Waals surface area (Å²) in [5.74, 6) is 0.879. The lowest BCUT2D eigenvalue weighted by Crippen LogP contribution is -2.10. The molecule has 0 aliphatic heterocycles. The summed E-state index contributed by atoms with van der Waals surface area (Å²) in [6, 6.07) is 7.91. The van der Waals surface area contributed by atoms with Crippen molar-refractivity contribution in [2.45, 2.75) is 13.0 Å². The summed E-state index contributed by atoms with van der Waals surface area (Å²) in [5, 5.41) is 4.08. The van der Waals surface area contributed by atoms with Crippen LogP contribution in [0.1, 0.15) is 5.56 Å². The molecule has 1 N–H and O–H groups in total. The standard InChI is InChI=1S/C14H16ClN3/c1-2-10-18-11-9-17-14(18)16-8-7-12-3-5-13(15)6-4-12/h2-6,9,11H,1,7-8,10H2,(H,16,17). The average molecular weight is 262 g/mol. The summed E-state index contributed by atoms with van der Waals surface area (Å²) in [5.41, 5.74) is 1.26. The quantitative estimate of drug-likeness (QED) is 0.808. The van der Waals surface area contributed by atoms with E-state index in [0.717, 1.165) is 30.5 Å². The molecule has 0 saturated carbocycles. The molecule has 1 heterocycles. The fourth-order valence-corrected chi connectivity index (χ4v) is 1.86. The molecule has 18 heavy (non-hydrogen) atoms. The van der Waals surface area contributed by atoms with Crippen molar-refractivity contribution in [1.82, 2.24) is 9.55 Å². The van der Waals surface area contributed by atoms with Crippen molar-refractivity contribution in [2.75, 3.05) is 11.9 Å². The fraction of sp³-hybridized carbons (Fsp3) is 0.214. The number of hydrogen-bond acceptors (Lipinski definition) is 2. The Morgan fingerprint density at radius 1 is 1.33 bits per heavy atom. The molecule has 2 rings (SSSR count). The van der Waals surface area contributed by atoms with Crippen LogP contribution >= 0.6 is 11.6 Å². The molecule has 0 saturated heterocycles. The van der Waals surface area contributed by atoms with Crippen molar-refractivity contribution in [3.05, 3.63) is 59.9 Å². The van der Waals surface area contributed by atoms with Crippen molar-refractivity contribution in [1.29, 1.82) is 0 Å². The van der Waals surface area contributed by atoms with E-state index < -0.39 is 0 Å². The van der Waals surface area contributed by atoms with Gasteiger partial charge in [-0.2, -0.15) is 0 Å². The first-order valence-corrected chi connectivity index (χ1v) is 6.28. The Morgan fingerprint density at radius 2 is 2.11 bits per heavy atom. The maximum absolute atomic E-state index is 5.84. The second-order valence-electron chi connectivity index (χ2n) is 4.00. The van der Waals surface area contributed by atoms with Crippen LogP contribution in [0, 0.1) is 0 Å². The molecule has 0 amide bonds. The molecule has 0 bridgehead atoms. The molecule has 94 valence electrons. The van der Waals surface area contributed by atoms with Gasteiger partial charge < -0.3 is 9.88 Å². The number of imidazole rings is 1. The maximum Gasteiger partial charge on any atom is 0.203 e. The van der Waals surface area contributed by atoms with Gasteiger partial charge in [-0.3, -0.25) is 0 Å². The van der Waals surface area contributed by atoms with E-state index in [4.69, 9.17) is 11.6 Å². The maximum atomic E-state index is 5.84. The van der Waals surface area contributed by atoms with Gasteiger partial charge >= 0.3 is 0 Å². The van der Waals surface area contributed by atoms with Gasteiger partial charge in [0.05, 0.1) is 0 Å². The van der Waals surface area contributed by atoms with Gasteiger partial charge in [0, 0.05) is 30.5 Å². The highest BCUT2D eigenvalue weighted by Crippen LogP contribution is 2.10. The van der Waals surface area contributed by atoms with E-state index >= 15 is 0 Å². The van der Waals surface area contributed by atoms with Crippen LogP contribution in [0.15, 0.2) is 49.3 Å². The number of nitrogens with one attached hydrogen (secondary N) is 1. The summed E-state index contributed by atoms with van der Waals surface area (Å²) in [6.07, 6.45) is 6.52. The number of halogens is 1. The van der Waals surface area contributed by atoms with E-state index in [9.17, 15) is 0 Å². The van der Waals surface area contributed by atoms with Crippen LogP contribution in [-0.2, 0) is 13.0 Å². The highest BCUT2D eigenvalue weighted by molar-refractivity contribution is 6.30. The Morgan fingerprint density at radius 3 is 2.83 bits per heavy atom. The van der Waals surface area contributed by atoms with Gasteiger partial charge in [0.1, 0.15) is 0 Å². The molecule has 3 nitrogen and oxygen atoms in total. The second kappa shape index (κ2) is 6.26. The second-order valence-corrected chi connectivity index (χ2v) is 4.43. The third kappa shape index (κ3) is 3.37. The molecule has 1 aromatic heterocycles. The van der Waals surface area contributed by atoms with Gasteiger partial charge in [0.15, 0.2) is 0 Å². The van der Waals surface area contributed by atoms with Gasteiger partial charge in [-0.05, 0) is 24.1 Å². The number of nitrogens with zero attached hydrogens (tertiary/aromatic N) is 2. The van der Waals surface area contributed by atoms with Crippen molar-refractivity contribution in [2.24, 2.45) is 0 Å². The number of allylic oxidation sites excluding steroid dienone is 1. The van der Waals surface area contributed by atoms with Crippen LogP contribution in [0.5, 0.6) is 0 Å². The molecule has 0 spiro atoms. The van der Waals surface area contributed by atoms with Crippen molar-refractivity contribution in [3.8, 4) is 0 Å². The number of anilines is 1. The Kier molecular flexibility index (Phi) is 4.42. The van der Waals surface area contributed by atoms with Crippen molar-refractivity contribution in [3.63, 3.8) is 0 Å². The lowest BCUT2D eigenvalue weighted by Gasteiger charge is -2.08. The summed E-state index contributed by atoms with van der Waals surface area (Å²) in [6.45, 7) is 5.33. The Bertz CT molecular complexity index is 502. The smallest absolute Gasteiger partial charge is 0.203 e. The van der Waals surface area contributed by atoms with Crippen LogP contribution < -0.4 is 5.32 Å². The molecular weight excluding hydrogens is 246 g/mol. The van der Waals surface area contributed by atoms with Gasteiger partial charge in [0.2, 0.25) is 5.95 Å². The van der Waals surface area contributed by atoms with Crippen LogP contribution in [0.4, 0.5) is 5.95 Å². The first-order valence-electron chi connectivity index (χ1n) is 5.90. The third-order valence-corrected chi connectivity index (χ3v) is 2.90. The van der Waals surface area contributed by atoms with Gasteiger partial charge in [-0.15, -0.1) is 6.58 Å². The van der Waals surface area contributed by atoms with E-state index in [1.165, 1.54) is 5.56 Å². The van der Waals surface area contributed by atoms with E-state index in [2.05, 4.69) is 16.9 Å². The highest BCUT2D eigenvalue weighted by atomic mass is 35.5. The Hall–Kier alpha value is -1.74. The molecular formula is C14H16ClN3. The fourth-order valence-electron chi connectivity index (χ4n) is 1.73. The topological polar surface area (TPSA) is 29.9 Å². The molecule has 0 unspecified atom stereocenters. The Balaban J connectivity index is 1.86. The van der Waals surface area contributed by atoms with Crippen molar-refractivity contribution >= 4 is 17.5 Å². The normalized spacial score (nSPS) is 10.3. The van der Waals surface area contributed by atoms with Crippen LogP contribution in [0.3, 0.4) is 0 Å². The SMILES string of the molecule is C=CCn1ccnc1NCCc1ccc(Cl)cc1. The molecule has 0 aliphatic carbocycles. The molecule has 0 atom stereocenters. The molecule has 4 heteroatoms. The zero-order chi connectivity index (χ0) is 12.8. The van der Waals surface area contributed by atoms with Gasteiger partial charge in [-0.25, -0.2) is 4.98 Å². The highest BCUT2D eigenvalue weighted by Gasteiger charge is 2.00. The van der Waals surface area contributed by atoms with E-state index in [1.54, 1.807) is 6.20 Å². The summed E-state index contributed by atoms with van der Waals surface area (Å²) < 4.78 is 2.02. The minimum absolute atomic E-state index is 0.767. The van der Waals surface area contributed by atoms with Gasteiger partial charge in [0.25, 0.3) is 0 Å². The van der Waals surface area contributed by atoms with Crippen LogP contribution in [0.2, 0.25) is 5.02 Å². The predicted molar refractivity (Wildman–Crippen MR) is 76.1 cm³/mol. The monoisotopic (exact) mass is 261 g/mol. The lowest BCUT2D eigenvalue weighted by molar-refractivity contribution is 0.817. The van der Waals surface area contributed by atoms with E-state index in [1.807, 2.05) is 41.1 Å². The van der Waals surface area contributed by atoms with Crippen LogP contribution in [0.25, 0.3) is 0 Å². The largest absolute Gasteiger partial charge is 0.355 e. The molecule has 0 fully saturated rings.